The summed E-state index contributed by atoms with van der Waals surface area (Å²) in [6.07, 6.45) is 0.862. The monoisotopic (exact) mass is 277 g/mol. The fraction of sp³-hybridized carbons (Fsp3) is 0.500. The summed E-state index contributed by atoms with van der Waals surface area (Å²) in [6.45, 7) is 5.01. The number of nitrogens with zero attached hydrogens (tertiary/aromatic N) is 2. The Balaban J connectivity index is 2.25. The first-order chi connectivity index (χ1) is 9.40. The van der Waals surface area contributed by atoms with Crippen LogP contribution in [0.15, 0.2) is 18.2 Å². The summed E-state index contributed by atoms with van der Waals surface area (Å²) in [5.41, 5.74) is 7.07. The number of likely N-dealkylation sites (tertiary alicyclic amines) is 1. The lowest BCUT2D eigenvalue weighted by molar-refractivity contribution is -0.384. The molecular formula is C14H19N3O3. The number of hydrogen-bond acceptors (Lipinski definition) is 4. The van der Waals surface area contributed by atoms with Crippen molar-refractivity contribution in [1.82, 2.24) is 4.90 Å². The zero-order valence-electron chi connectivity index (χ0n) is 11.7. The smallest absolute Gasteiger partial charge is 0.270 e. The van der Waals surface area contributed by atoms with E-state index in [4.69, 9.17) is 5.73 Å². The molecule has 0 bridgehead atoms. The van der Waals surface area contributed by atoms with Crippen LogP contribution in [-0.2, 0) is 0 Å². The van der Waals surface area contributed by atoms with E-state index in [-0.39, 0.29) is 17.6 Å². The van der Waals surface area contributed by atoms with E-state index in [1.54, 1.807) is 17.9 Å². The number of carbonyl (C=O) groups excluding carboxylic acids is 1. The van der Waals surface area contributed by atoms with Crippen molar-refractivity contribution < 1.29 is 9.72 Å². The lowest BCUT2D eigenvalue weighted by atomic mass is 9.93. The molecule has 2 rings (SSSR count). The molecule has 1 aliphatic rings. The molecule has 108 valence electrons. The summed E-state index contributed by atoms with van der Waals surface area (Å²) in [7, 11) is 0. The molecule has 2 atom stereocenters. The Hall–Kier alpha value is -1.95. The van der Waals surface area contributed by atoms with Crippen molar-refractivity contribution in [1.29, 1.82) is 0 Å². The predicted octanol–water partition coefficient (Wildman–Crippen LogP) is 1.71. The van der Waals surface area contributed by atoms with Gasteiger partial charge < -0.3 is 10.6 Å². The second kappa shape index (κ2) is 5.58. The first-order valence-electron chi connectivity index (χ1n) is 6.70. The molecule has 0 spiro atoms. The molecule has 1 heterocycles. The molecule has 0 aliphatic carbocycles. The van der Waals surface area contributed by atoms with Crippen LogP contribution in [0.25, 0.3) is 0 Å². The summed E-state index contributed by atoms with van der Waals surface area (Å²) < 4.78 is 0. The highest BCUT2D eigenvalue weighted by Gasteiger charge is 2.28. The summed E-state index contributed by atoms with van der Waals surface area (Å²) in [6, 6.07) is 4.33. The molecule has 2 unspecified atom stereocenters. The number of rotatable bonds is 2. The number of piperidine rings is 1. The van der Waals surface area contributed by atoms with Gasteiger partial charge in [0.2, 0.25) is 0 Å². The first-order valence-corrected chi connectivity index (χ1v) is 6.70. The minimum atomic E-state index is -0.486. The molecule has 20 heavy (non-hydrogen) atoms. The van der Waals surface area contributed by atoms with Crippen LogP contribution < -0.4 is 5.73 Å². The van der Waals surface area contributed by atoms with Crippen LogP contribution in [0.1, 0.15) is 29.3 Å². The number of aryl methyl sites for hydroxylation is 1. The highest BCUT2D eigenvalue weighted by Crippen LogP contribution is 2.22. The van der Waals surface area contributed by atoms with Crippen LogP contribution >= 0.6 is 0 Å². The van der Waals surface area contributed by atoms with E-state index in [0.29, 0.717) is 24.6 Å². The van der Waals surface area contributed by atoms with Crippen LogP contribution in [-0.4, -0.2) is 34.9 Å². The molecule has 1 saturated heterocycles. The van der Waals surface area contributed by atoms with E-state index in [1.807, 2.05) is 0 Å². The highest BCUT2D eigenvalue weighted by molar-refractivity contribution is 5.96. The second-order valence-corrected chi connectivity index (χ2v) is 5.44. The summed E-state index contributed by atoms with van der Waals surface area (Å²) >= 11 is 0. The number of nitro benzene ring substituents is 1. The third-order valence-corrected chi connectivity index (χ3v) is 3.97. The number of benzene rings is 1. The van der Waals surface area contributed by atoms with Crippen molar-refractivity contribution in [2.24, 2.45) is 11.7 Å². The Morgan fingerprint density at radius 1 is 1.50 bits per heavy atom. The molecule has 1 aromatic rings. The standard InChI is InChI=1S/C14H19N3O3/c1-9-3-4-11(17(19)20)7-12(9)14(18)16-6-5-10(2)13(15)8-16/h3-4,7,10,13H,5-6,8,15H2,1-2H3. The van der Waals surface area contributed by atoms with Crippen molar-refractivity contribution >= 4 is 11.6 Å². The summed E-state index contributed by atoms with van der Waals surface area (Å²) in [5.74, 6) is 0.221. The summed E-state index contributed by atoms with van der Waals surface area (Å²) in [5, 5.41) is 10.8. The summed E-state index contributed by atoms with van der Waals surface area (Å²) in [4.78, 5) is 24.5. The van der Waals surface area contributed by atoms with E-state index in [9.17, 15) is 14.9 Å². The van der Waals surface area contributed by atoms with Crippen molar-refractivity contribution in [3.05, 3.63) is 39.4 Å². The molecular weight excluding hydrogens is 258 g/mol. The molecule has 2 N–H and O–H groups in total. The number of nitrogens with two attached hydrogens (primary N) is 1. The third-order valence-electron chi connectivity index (χ3n) is 3.97. The maximum atomic E-state index is 12.5. The van der Waals surface area contributed by atoms with E-state index in [0.717, 1.165) is 12.0 Å². The molecule has 0 aromatic heterocycles. The van der Waals surface area contributed by atoms with Crippen molar-refractivity contribution in [2.45, 2.75) is 26.3 Å². The zero-order valence-corrected chi connectivity index (χ0v) is 11.7. The van der Waals surface area contributed by atoms with Gasteiger partial charge in [0.05, 0.1) is 4.92 Å². The normalized spacial score (nSPS) is 22.6. The van der Waals surface area contributed by atoms with Gasteiger partial charge in [-0.15, -0.1) is 0 Å². The van der Waals surface area contributed by atoms with Gasteiger partial charge in [-0.1, -0.05) is 13.0 Å². The first kappa shape index (κ1) is 14.5. The Labute approximate surface area is 117 Å². The highest BCUT2D eigenvalue weighted by atomic mass is 16.6. The molecule has 6 heteroatoms. The zero-order chi connectivity index (χ0) is 14.9. The van der Waals surface area contributed by atoms with E-state index in [1.165, 1.54) is 12.1 Å². The average molecular weight is 277 g/mol. The van der Waals surface area contributed by atoms with Crippen molar-refractivity contribution in [3.63, 3.8) is 0 Å². The van der Waals surface area contributed by atoms with Gasteiger partial charge in [0.25, 0.3) is 11.6 Å². The van der Waals surface area contributed by atoms with E-state index < -0.39 is 4.92 Å². The third kappa shape index (κ3) is 2.80. The molecule has 1 aliphatic heterocycles. The average Bonchev–Trinajstić information content (AvgIpc) is 2.41. The van der Waals surface area contributed by atoms with Crippen LogP contribution in [0, 0.1) is 23.0 Å². The van der Waals surface area contributed by atoms with Gasteiger partial charge in [0.15, 0.2) is 0 Å². The second-order valence-electron chi connectivity index (χ2n) is 5.44. The fourth-order valence-electron chi connectivity index (χ4n) is 2.41. The lowest BCUT2D eigenvalue weighted by Gasteiger charge is -2.35. The van der Waals surface area contributed by atoms with Crippen molar-refractivity contribution in [3.8, 4) is 0 Å². The number of nitro groups is 1. The number of non-ortho nitro benzene ring substituents is 1. The number of carbonyl (C=O) groups is 1. The van der Waals surface area contributed by atoms with E-state index in [2.05, 4.69) is 6.92 Å². The van der Waals surface area contributed by atoms with E-state index >= 15 is 0 Å². The Morgan fingerprint density at radius 2 is 2.20 bits per heavy atom. The fourth-order valence-corrected chi connectivity index (χ4v) is 2.41. The Kier molecular flexibility index (Phi) is 4.04. The maximum Gasteiger partial charge on any atom is 0.270 e. The van der Waals surface area contributed by atoms with Gasteiger partial charge in [-0.05, 0) is 24.8 Å². The largest absolute Gasteiger partial charge is 0.337 e. The molecule has 1 amide bonds. The van der Waals surface area contributed by atoms with Crippen LogP contribution in [0.3, 0.4) is 0 Å². The Morgan fingerprint density at radius 3 is 2.80 bits per heavy atom. The van der Waals surface area contributed by atoms with Crippen molar-refractivity contribution in [2.75, 3.05) is 13.1 Å². The molecule has 0 radical (unpaired) electrons. The molecule has 0 saturated carbocycles. The quantitative estimate of drug-likeness (QED) is 0.658. The minimum absolute atomic E-state index is 0.0355. The SMILES string of the molecule is Cc1ccc([N+](=O)[O-])cc1C(=O)N1CCC(C)C(N)C1. The maximum absolute atomic E-state index is 12.5. The topological polar surface area (TPSA) is 89.5 Å². The van der Waals surface area contributed by atoms with Gasteiger partial charge in [-0.3, -0.25) is 14.9 Å². The predicted molar refractivity (Wildman–Crippen MR) is 75.5 cm³/mol. The minimum Gasteiger partial charge on any atom is -0.337 e. The Bertz CT molecular complexity index is 544. The number of hydrogen-bond donors (Lipinski definition) is 1. The van der Waals surface area contributed by atoms with Gasteiger partial charge in [-0.2, -0.15) is 0 Å². The van der Waals surface area contributed by atoms with Gasteiger partial charge in [0.1, 0.15) is 0 Å². The van der Waals surface area contributed by atoms with Crippen LogP contribution in [0.5, 0.6) is 0 Å². The lowest BCUT2D eigenvalue weighted by Crippen LogP contribution is -2.49. The number of amides is 1. The van der Waals surface area contributed by atoms with Gasteiger partial charge >= 0.3 is 0 Å². The van der Waals surface area contributed by atoms with Gasteiger partial charge in [-0.25, -0.2) is 0 Å². The van der Waals surface area contributed by atoms with Crippen LogP contribution in [0.2, 0.25) is 0 Å². The molecule has 6 nitrogen and oxygen atoms in total. The molecule has 1 aromatic carbocycles. The van der Waals surface area contributed by atoms with Gasteiger partial charge in [0, 0.05) is 36.8 Å². The van der Waals surface area contributed by atoms with Crippen LogP contribution in [0.4, 0.5) is 5.69 Å². The molecule has 1 fully saturated rings.